The van der Waals surface area contributed by atoms with E-state index in [-0.39, 0.29) is 5.84 Å². The summed E-state index contributed by atoms with van der Waals surface area (Å²) in [6.07, 6.45) is 0. The van der Waals surface area contributed by atoms with Gasteiger partial charge in [0.25, 0.3) is 0 Å². The molecule has 0 aliphatic carbocycles. The van der Waals surface area contributed by atoms with E-state index in [1.807, 2.05) is 25.1 Å². The average Bonchev–Trinajstić information content (AvgIpc) is 2.42. The van der Waals surface area contributed by atoms with Gasteiger partial charge in [0.15, 0.2) is 0 Å². The van der Waals surface area contributed by atoms with Gasteiger partial charge in [-0.15, -0.1) is 0 Å². The average molecular weight is 414 g/mol. The Morgan fingerprint density at radius 3 is 2.29 bits per heavy atom. The number of aryl methyl sites for hydroxylation is 1. The first kappa shape index (κ1) is 15.9. The third-order valence-electron chi connectivity index (χ3n) is 2.92. The van der Waals surface area contributed by atoms with E-state index in [0.717, 1.165) is 20.3 Å². The highest BCUT2D eigenvalue weighted by atomic mass is 79.9. The second-order valence-electron chi connectivity index (χ2n) is 4.41. The Balaban J connectivity index is 2.32. The summed E-state index contributed by atoms with van der Waals surface area (Å²) in [5.41, 5.74) is 7.11. The van der Waals surface area contributed by atoms with Crippen LogP contribution in [0.5, 0.6) is 17.2 Å². The zero-order chi connectivity index (χ0) is 15.6. The highest BCUT2D eigenvalue weighted by molar-refractivity contribution is 9.11. The largest absolute Gasteiger partial charge is 0.496 e. The zero-order valence-corrected chi connectivity index (χ0v) is 14.7. The van der Waals surface area contributed by atoms with E-state index in [9.17, 15) is 0 Å². The van der Waals surface area contributed by atoms with E-state index in [2.05, 4.69) is 31.9 Å². The summed E-state index contributed by atoms with van der Waals surface area (Å²) < 4.78 is 12.7. The molecule has 2 aromatic carbocycles. The molecule has 2 rings (SSSR count). The summed E-state index contributed by atoms with van der Waals surface area (Å²) in [5.74, 6) is 2.11. The summed E-state index contributed by atoms with van der Waals surface area (Å²) in [7, 11) is 1.61. The van der Waals surface area contributed by atoms with Crippen LogP contribution in [0.1, 0.15) is 11.1 Å². The smallest absolute Gasteiger partial charge is 0.143 e. The van der Waals surface area contributed by atoms with E-state index >= 15 is 0 Å². The number of benzene rings is 2. The maximum atomic E-state index is 7.48. The van der Waals surface area contributed by atoms with Gasteiger partial charge >= 0.3 is 0 Å². The van der Waals surface area contributed by atoms with Gasteiger partial charge < -0.3 is 15.2 Å². The molecule has 3 N–H and O–H groups in total. The van der Waals surface area contributed by atoms with Crippen LogP contribution in [-0.2, 0) is 0 Å². The second-order valence-corrected chi connectivity index (χ2v) is 6.12. The lowest BCUT2D eigenvalue weighted by Crippen LogP contribution is -2.12. The molecule has 6 heteroatoms. The van der Waals surface area contributed by atoms with E-state index in [0.29, 0.717) is 17.1 Å². The molecular weight excluding hydrogens is 400 g/mol. The number of methoxy groups -OCH3 is 1. The van der Waals surface area contributed by atoms with Crippen LogP contribution in [0.3, 0.4) is 0 Å². The highest BCUT2D eigenvalue weighted by Gasteiger charge is 2.10. The molecule has 0 aliphatic heterocycles. The van der Waals surface area contributed by atoms with Gasteiger partial charge in [0, 0.05) is 5.56 Å². The molecule has 0 radical (unpaired) electrons. The van der Waals surface area contributed by atoms with Crippen molar-refractivity contribution in [2.75, 3.05) is 7.11 Å². The number of halogens is 2. The fraction of sp³-hybridized carbons (Fsp3) is 0.133. The monoisotopic (exact) mass is 412 g/mol. The fourth-order valence-corrected chi connectivity index (χ4v) is 2.76. The molecule has 0 spiro atoms. The molecule has 0 unspecified atom stereocenters. The Hall–Kier alpha value is -1.53. The number of hydrogen-bond acceptors (Lipinski definition) is 3. The molecule has 0 aliphatic rings. The number of amidine groups is 1. The van der Waals surface area contributed by atoms with E-state index < -0.39 is 0 Å². The quantitative estimate of drug-likeness (QED) is 0.568. The number of rotatable bonds is 4. The van der Waals surface area contributed by atoms with Gasteiger partial charge in [-0.1, -0.05) is 0 Å². The summed E-state index contributed by atoms with van der Waals surface area (Å²) >= 11 is 6.89. The van der Waals surface area contributed by atoms with Crippen LogP contribution in [0.25, 0.3) is 0 Å². The van der Waals surface area contributed by atoms with E-state index in [1.54, 1.807) is 19.2 Å². The van der Waals surface area contributed by atoms with Gasteiger partial charge in [-0.25, -0.2) is 0 Å². The highest BCUT2D eigenvalue weighted by Crippen LogP contribution is 2.38. The molecule has 0 amide bonds. The number of hydrogen-bond donors (Lipinski definition) is 2. The standard InChI is InChI=1S/C15H14Br2N2O2/c1-8-5-9(3-4-10(8)15(18)19)21-14-7-11(16)13(20-2)6-12(14)17/h3-7H,1-2H3,(H3,18,19). The molecule has 0 saturated carbocycles. The molecule has 0 bridgehead atoms. The summed E-state index contributed by atoms with van der Waals surface area (Å²) in [6.45, 7) is 1.89. The van der Waals surface area contributed by atoms with Crippen molar-refractivity contribution >= 4 is 37.7 Å². The molecule has 21 heavy (non-hydrogen) atoms. The van der Waals surface area contributed by atoms with Crippen molar-refractivity contribution in [3.63, 3.8) is 0 Å². The molecule has 0 saturated heterocycles. The summed E-state index contributed by atoms with van der Waals surface area (Å²) in [6, 6.07) is 9.07. The predicted molar refractivity (Wildman–Crippen MR) is 90.7 cm³/mol. The molecule has 0 fully saturated rings. The van der Waals surface area contributed by atoms with Crippen LogP contribution in [0, 0.1) is 12.3 Å². The van der Waals surface area contributed by atoms with Crippen molar-refractivity contribution in [1.29, 1.82) is 5.41 Å². The number of ether oxygens (including phenoxy) is 2. The lowest BCUT2D eigenvalue weighted by Gasteiger charge is -2.12. The Morgan fingerprint density at radius 1 is 1.10 bits per heavy atom. The zero-order valence-electron chi connectivity index (χ0n) is 11.5. The van der Waals surface area contributed by atoms with E-state index in [1.165, 1.54) is 0 Å². The Morgan fingerprint density at radius 2 is 1.71 bits per heavy atom. The van der Waals surface area contributed by atoms with Crippen molar-refractivity contribution in [1.82, 2.24) is 0 Å². The molecule has 0 atom stereocenters. The van der Waals surface area contributed by atoms with Crippen LogP contribution < -0.4 is 15.2 Å². The van der Waals surface area contributed by atoms with Crippen LogP contribution in [0.2, 0.25) is 0 Å². The van der Waals surface area contributed by atoms with Crippen LogP contribution in [0.4, 0.5) is 0 Å². The number of nitrogen functional groups attached to an aromatic ring is 1. The summed E-state index contributed by atoms with van der Waals surface area (Å²) in [5, 5.41) is 7.48. The van der Waals surface area contributed by atoms with Gasteiger partial charge in [0.1, 0.15) is 23.1 Å². The topological polar surface area (TPSA) is 68.3 Å². The number of nitrogens with one attached hydrogen (secondary N) is 1. The minimum atomic E-state index is 0.0485. The predicted octanol–water partition coefficient (Wildman–Crippen LogP) is 4.60. The van der Waals surface area contributed by atoms with Gasteiger partial charge in [-0.2, -0.15) is 0 Å². The molecule has 2 aromatic rings. The lowest BCUT2D eigenvalue weighted by atomic mass is 10.1. The third kappa shape index (κ3) is 3.57. The lowest BCUT2D eigenvalue weighted by molar-refractivity contribution is 0.409. The van der Waals surface area contributed by atoms with E-state index in [4.69, 9.17) is 20.6 Å². The van der Waals surface area contributed by atoms with Gasteiger partial charge in [0.05, 0.1) is 16.1 Å². The minimum Gasteiger partial charge on any atom is -0.496 e. The first-order valence-electron chi connectivity index (χ1n) is 6.08. The Kier molecular flexibility index (Phi) is 4.90. The van der Waals surface area contributed by atoms with Crippen LogP contribution >= 0.6 is 31.9 Å². The molecule has 0 aromatic heterocycles. The van der Waals surface area contributed by atoms with Crippen molar-refractivity contribution in [2.24, 2.45) is 5.73 Å². The molecule has 0 heterocycles. The molecule has 4 nitrogen and oxygen atoms in total. The number of nitrogens with two attached hydrogens (primary N) is 1. The van der Waals surface area contributed by atoms with Gasteiger partial charge in [-0.05, 0) is 74.7 Å². The normalized spacial score (nSPS) is 10.3. The SMILES string of the molecule is COc1cc(Br)c(Oc2ccc(C(=N)N)c(C)c2)cc1Br. The third-order valence-corrected chi connectivity index (χ3v) is 4.16. The fourth-order valence-electron chi connectivity index (χ4n) is 1.87. The van der Waals surface area contributed by atoms with Crippen LogP contribution in [0.15, 0.2) is 39.3 Å². The van der Waals surface area contributed by atoms with Gasteiger partial charge in [0.2, 0.25) is 0 Å². The van der Waals surface area contributed by atoms with Crippen molar-refractivity contribution < 1.29 is 9.47 Å². The summed E-state index contributed by atoms with van der Waals surface area (Å²) in [4.78, 5) is 0. The Bertz CT molecular complexity index is 702. The van der Waals surface area contributed by atoms with Crippen molar-refractivity contribution in [3.05, 3.63) is 50.4 Å². The Labute approximate surface area is 140 Å². The van der Waals surface area contributed by atoms with Crippen molar-refractivity contribution in [2.45, 2.75) is 6.92 Å². The van der Waals surface area contributed by atoms with Crippen LogP contribution in [-0.4, -0.2) is 12.9 Å². The molecule has 110 valence electrons. The maximum absolute atomic E-state index is 7.48. The van der Waals surface area contributed by atoms with Crippen molar-refractivity contribution in [3.8, 4) is 17.2 Å². The maximum Gasteiger partial charge on any atom is 0.143 e. The molecular formula is C15H14Br2N2O2. The van der Waals surface area contributed by atoms with Gasteiger partial charge in [-0.3, -0.25) is 5.41 Å². The minimum absolute atomic E-state index is 0.0485. The first-order valence-corrected chi connectivity index (χ1v) is 7.67. The second kappa shape index (κ2) is 6.49. The first-order chi connectivity index (χ1) is 9.92.